The number of nitrogens with one attached hydrogen (secondary N) is 1. The Hall–Kier alpha value is -3.03. The summed E-state index contributed by atoms with van der Waals surface area (Å²) in [6.45, 7) is 5.34. The molecule has 1 amide bonds. The van der Waals surface area contributed by atoms with Gasteiger partial charge in [-0.1, -0.05) is 0 Å². The van der Waals surface area contributed by atoms with Crippen LogP contribution in [0.2, 0.25) is 0 Å². The highest BCUT2D eigenvalue weighted by molar-refractivity contribution is 5.95. The Kier molecular flexibility index (Phi) is 4.24. The third-order valence-electron chi connectivity index (χ3n) is 4.77. The lowest BCUT2D eigenvalue weighted by Gasteiger charge is -2.22. The van der Waals surface area contributed by atoms with E-state index >= 15 is 0 Å². The number of aryl methyl sites for hydroxylation is 2. The fraction of sp³-hybridized carbons (Fsp3) is 0.389. The minimum atomic E-state index is -0.0880. The first-order chi connectivity index (χ1) is 12.7. The average Bonchev–Trinajstić information content (AvgIpc) is 3.40. The van der Waals surface area contributed by atoms with E-state index in [0.29, 0.717) is 17.9 Å². The summed E-state index contributed by atoms with van der Waals surface area (Å²) in [7, 11) is 0. The predicted octanol–water partition coefficient (Wildman–Crippen LogP) is 2.37. The molecule has 0 aromatic carbocycles. The summed E-state index contributed by atoms with van der Waals surface area (Å²) in [6, 6.07) is 3.65. The molecule has 4 rings (SSSR count). The molecule has 0 unspecified atom stereocenters. The van der Waals surface area contributed by atoms with Crippen molar-refractivity contribution in [1.29, 1.82) is 0 Å². The van der Waals surface area contributed by atoms with Crippen LogP contribution in [0.15, 0.2) is 30.7 Å². The van der Waals surface area contributed by atoms with Gasteiger partial charge in [-0.2, -0.15) is 10.2 Å². The molecule has 0 bridgehead atoms. The van der Waals surface area contributed by atoms with Crippen LogP contribution in [0.5, 0.6) is 0 Å². The van der Waals surface area contributed by atoms with Crippen LogP contribution in [0.3, 0.4) is 0 Å². The van der Waals surface area contributed by atoms with E-state index in [1.54, 1.807) is 17.1 Å². The van der Waals surface area contributed by atoms with Gasteiger partial charge in [0.15, 0.2) is 5.82 Å². The second kappa shape index (κ2) is 6.70. The van der Waals surface area contributed by atoms with Gasteiger partial charge in [0.2, 0.25) is 0 Å². The number of hydrogen-bond acceptors (Lipinski definition) is 5. The number of carbonyl (C=O) groups excluding carboxylic acids is 1. The fourth-order valence-electron chi connectivity index (χ4n) is 3.39. The largest absolute Gasteiger partial charge is 0.328 e. The van der Waals surface area contributed by atoms with Crippen LogP contribution in [0.4, 0.5) is 0 Å². The fourth-order valence-corrected chi connectivity index (χ4v) is 3.39. The van der Waals surface area contributed by atoms with Gasteiger partial charge >= 0.3 is 0 Å². The number of hydrogen-bond donors (Lipinski definition) is 1. The van der Waals surface area contributed by atoms with Crippen LogP contribution in [0.1, 0.15) is 47.7 Å². The van der Waals surface area contributed by atoms with Gasteiger partial charge in [-0.25, -0.2) is 4.98 Å². The van der Waals surface area contributed by atoms with Gasteiger partial charge in [-0.15, -0.1) is 0 Å². The standard InChI is InChI=1S/C18H21N7O/c1-3-24-11-14(12(2)23-24)18(26)25-10-4-5-15(25)17-20-16(21-22-17)13-6-8-19-9-7-13/h6-9,11,15H,3-5,10H2,1-2H3,(H,20,21,22)/t15-/m0/s1. The molecule has 0 aliphatic carbocycles. The number of rotatable bonds is 4. The first-order valence-corrected chi connectivity index (χ1v) is 8.85. The molecule has 0 radical (unpaired) electrons. The van der Waals surface area contributed by atoms with Crippen molar-refractivity contribution < 1.29 is 4.79 Å². The minimum Gasteiger partial charge on any atom is -0.328 e. The molecule has 8 heteroatoms. The molecule has 1 aliphatic heterocycles. The van der Waals surface area contributed by atoms with Crippen LogP contribution < -0.4 is 0 Å². The Morgan fingerprint density at radius 2 is 2.15 bits per heavy atom. The van der Waals surface area contributed by atoms with Gasteiger partial charge in [0.1, 0.15) is 5.82 Å². The van der Waals surface area contributed by atoms with Gasteiger partial charge in [-0.05, 0) is 38.8 Å². The van der Waals surface area contributed by atoms with Crippen molar-refractivity contribution in [1.82, 2.24) is 34.8 Å². The van der Waals surface area contributed by atoms with E-state index in [1.165, 1.54) is 0 Å². The first kappa shape index (κ1) is 16.4. The first-order valence-electron chi connectivity index (χ1n) is 8.85. The van der Waals surface area contributed by atoms with E-state index < -0.39 is 0 Å². The van der Waals surface area contributed by atoms with Gasteiger partial charge in [0.05, 0.1) is 17.3 Å². The van der Waals surface area contributed by atoms with Crippen LogP contribution in [-0.4, -0.2) is 47.3 Å². The van der Waals surface area contributed by atoms with E-state index in [0.717, 1.165) is 36.5 Å². The van der Waals surface area contributed by atoms with Crippen molar-refractivity contribution in [3.63, 3.8) is 0 Å². The zero-order chi connectivity index (χ0) is 18.1. The highest BCUT2D eigenvalue weighted by Crippen LogP contribution is 2.32. The highest BCUT2D eigenvalue weighted by Gasteiger charge is 2.34. The molecule has 8 nitrogen and oxygen atoms in total. The molecule has 1 saturated heterocycles. The molecule has 134 valence electrons. The monoisotopic (exact) mass is 351 g/mol. The lowest BCUT2D eigenvalue weighted by atomic mass is 10.2. The number of aromatic nitrogens is 6. The van der Waals surface area contributed by atoms with E-state index in [1.807, 2.05) is 37.1 Å². The summed E-state index contributed by atoms with van der Waals surface area (Å²) < 4.78 is 1.80. The Morgan fingerprint density at radius 1 is 1.35 bits per heavy atom. The van der Waals surface area contributed by atoms with Crippen LogP contribution in [-0.2, 0) is 6.54 Å². The van der Waals surface area contributed by atoms with Gasteiger partial charge in [0, 0.05) is 37.2 Å². The SMILES string of the molecule is CCn1cc(C(=O)N2CCC[C@H]2c2nc(-c3ccncc3)n[nH]2)c(C)n1. The van der Waals surface area contributed by atoms with Crippen molar-refractivity contribution in [2.24, 2.45) is 0 Å². The van der Waals surface area contributed by atoms with Crippen molar-refractivity contribution in [2.45, 2.75) is 39.3 Å². The average molecular weight is 351 g/mol. The second-order valence-electron chi connectivity index (χ2n) is 6.42. The normalized spacial score (nSPS) is 17.0. The Labute approximate surface area is 151 Å². The van der Waals surface area contributed by atoms with Crippen LogP contribution >= 0.6 is 0 Å². The molecule has 26 heavy (non-hydrogen) atoms. The van der Waals surface area contributed by atoms with Gasteiger partial charge in [0.25, 0.3) is 5.91 Å². The molecule has 4 heterocycles. The third-order valence-corrected chi connectivity index (χ3v) is 4.77. The second-order valence-corrected chi connectivity index (χ2v) is 6.42. The summed E-state index contributed by atoms with van der Waals surface area (Å²) in [6.07, 6.45) is 7.08. The van der Waals surface area contributed by atoms with E-state index in [2.05, 4.69) is 25.3 Å². The van der Waals surface area contributed by atoms with Crippen molar-refractivity contribution >= 4 is 5.91 Å². The molecule has 0 saturated carbocycles. The van der Waals surface area contributed by atoms with E-state index in [4.69, 9.17) is 0 Å². The summed E-state index contributed by atoms with van der Waals surface area (Å²) in [5, 5.41) is 11.7. The Morgan fingerprint density at radius 3 is 2.88 bits per heavy atom. The molecular weight excluding hydrogens is 330 g/mol. The van der Waals surface area contributed by atoms with E-state index in [-0.39, 0.29) is 11.9 Å². The maximum Gasteiger partial charge on any atom is 0.257 e. The number of likely N-dealkylation sites (tertiary alicyclic amines) is 1. The van der Waals surface area contributed by atoms with Crippen molar-refractivity contribution in [3.05, 3.63) is 47.8 Å². The molecule has 0 spiro atoms. The summed E-state index contributed by atoms with van der Waals surface area (Å²) in [5.74, 6) is 1.35. The number of H-pyrrole nitrogens is 1. The smallest absolute Gasteiger partial charge is 0.257 e. The van der Waals surface area contributed by atoms with E-state index in [9.17, 15) is 4.79 Å². The number of nitrogens with zero attached hydrogens (tertiary/aromatic N) is 6. The van der Waals surface area contributed by atoms with Crippen molar-refractivity contribution in [2.75, 3.05) is 6.54 Å². The number of carbonyl (C=O) groups is 1. The number of amides is 1. The zero-order valence-corrected chi connectivity index (χ0v) is 14.9. The number of pyridine rings is 1. The highest BCUT2D eigenvalue weighted by atomic mass is 16.2. The molecule has 1 atom stereocenters. The van der Waals surface area contributed by atoms with Crippen LogP contribution in [0, 0.1) is 6.92 Å². The van der Waals surface area contributed by atoms with Crippen LogP contribution in [0.25, 0.3) is 11.4 Å². The van der Waals surface area contributed by atoms with Gasteiger partial charge < -0.3 is 4.90 Å². The molecule has 1 N–H and O–H groups in total. The molecular formula is C18H21N7O. The lowest BCUT2D eigenvalue weighted by molar-refractivity contribution is 0.0729. The quantitative estimate of drug-likeness (QED) is 0.779. The third kappa shape index (κ3) is 2.87. The van der Waals surface area contributed by atoms with Gasteiger partial charge in [-0.3, -0.25) is 19.6 Å². The summed E-state index contributed by atoms with van der Waals surface area (Å²) in [5.41, 5.74) is 2.32. The predicted molar refractivity (Wildman–Crippen MR) is 95.3 cm³/mol. The molecule has 3 aromatic heterocycles. The maximum atomic E-state index is 13.1. The number of aromatic amines is 1. The lowest BCUT2D eigenvalue weighted by Crippen LogP contribution is -2.31. The summed E-state index contributed by atoms with van der Waals surface area (Å²) in [4.78, 5) is 23.6. The Balaban J connectivity index is 1.60. The Bertz CT molecular complexity index is 915. The molecule has 3 aromatic rings. The minimum absolute atomic E-state index is 0.00608. The topological polar surface area (TPSA) is 92.6 Å². The zero-order valence-electron chi connectivity index (χ0n) is 14.9. The molecule has 1 aliphatic rings. The molecule has 1 fully saturated rings. The maximum absolute atomic E-state index is 13.1. The van der Waals surface area contributed by atoms with Crippen molar-refractivity contribution in [3.8, 4) is 11.4 Å². The summed E-state index contributed by atoms with van der Waals surface area (Å²) >= 11 is 0.